The second kappa shape index (κ2) is 9.05. The number of aryl methyl sites for hydroxylation is 1. The second-order valence-electron chi connectivity index (χ2n) is 8.12. The van der Waals surface area contributed by atoms with Crippen molar-refractivity contribution in [3.05, 3.63) is 46.4 Å². The molecule has 1 amide bonds. The Morgan fingerprint density at radius 2 is 2.09 bits per heavy atom. The lowest BCUT2D eigenvalue weighted by Gasteiger charge is -2.26. The van der Waals surface area contributed by atoms with E-state index in [1.165, 1.54) is 11.8 Å². The molecule has 2 aliphatic heterocycles. The van der Waals surface area contributed by atoms with E-state index in [4.69, 9.17) is 9.72 Å². The highest BCUT2D eigenvalue weighted by Gasteiger charge is 2.29. The summed E-state index contributed by atoms with van der Waals surface area (Å²) < 4.78 is 8.73. The number of hydrogen-bond donors (Lipinski definition) is 1. The van der Waals surface area contributed by atoms with Crippen LogP contribution in [0.5, 0.6) is 0 Å². The molecule has 10 heteroatoms. The summed E-state index contributed by atoms with van der Waals surface area (Å²) in [7, 11) is 0. The fourth-order valence-electron chi connectivity index (χ4n) is 4.22. The number of ether oxygens (including phenoxy) is 1. The number of amides is 1. The van der Waals surface area contributed by atoms with Crippen LogP contribution in [0.4, 0.5) is 0 Å². The van der Waals surface area contributed by atoms with E-state index >= 15 is 0 Å². The van der Waals surface area contributed by atoms with Gasteiger partial charge >= 0.3 is 0 Å². The molecule has 0 saturated carbocycles. The van der Waals surface area contributed by atoms with Crippen molar-refractivity contribution in [1.29, 1.82) is 0 Å². The molecule has 1 aromatic carbocycles. The molecule has 32 heavy (non-hydrogen) atoms. The van der Waals surface area contributed by atoms with E-state index < -0.39 is 0 Å². The van der Waals surface area contributed by atoms with Gasteiger partial charge in [-0.2, -0.15) is 5.10 Å². The minimum Gasteiger partial charge on any atom is -0.379 e. The molecule has 1 N–H and O–H groups in total. The number of rotatable bonds is 6. The van der Waals surface area contributed by atoms with Crippen LogP contribution in [0.1, 0.15) is 18.0 Å². The molecule has 4 heterocycles. The zero-order valence-corrected chi connectivity index (χ0v) is 18.8. The molecule has 0 radical (unpaired) electrons. The van der Waals surface area contributed by atoms with Crippen molar-refractivity contribution in [2.45, 2.75) is 24.5 Å². The maximum absolute atomic E-state index is 13.3. The Bertz CT molecular complexity index is 1200. The van der Waals surface area contributed by atoms with Crippen molar-refractivity contribution in [3.63, 3.8) is 0 Å². The minimum absolute atomic E-state index is 0.0423. The molecule has 1 atom stereocenters. The Morgan fingerprint density at radius 3 is 2.91 bits per heavy atom. The van der Waals surface area contributed by atoms with Gasteiger partial charge in [-0.3, -0.25) is 19.1 Å². The maximum Gasteiger partial charge on any atom is 0.265 e. The molecule has 0 bridgehead atoms. The summed E-state index contributed by atoms with van der Waals surface area (Å²) >= 11 is 1.51. The summed E-state index contributed by atoms with van der Waals surface area (Å²) in [5, 5.41) is 8.54. The molecule has 2 aliphatic rings. The van der Waals surface area contributed by atoms with Crippen LogP contribution in [0.25, 0.3) is 16.7 Å². The summed E-state index contributed by atoms with van der Waals surface area (Å²) in [4.78, 5) is 32.8. The van der Waals surface area contributed by atoms with Crippen molar-refractivity contribution >= 4 is 28.7 Å². The maximum atomic E-state index is 13.3. The molecule has 0 spiro atoms. The fourth-order valence-corrected chi connectivity index (χ4v) is 5.35. The molecule has 168 valence electrons. The first-order valence-corrected chi connectivity index (χ1v) is 11.9. The number of carbonyl (C=O) groups is 1. The Hall–Kier alpha value is -2.69. The van der Waals surface area contributed by atoms with Crippen LogP contribution < -0.4 is 10.9 Å². The average Bonchev–Trinajstić information content (AvgIpc) is 3.40. The van der Waals surface area contributed by atoms with Gasteiger partial charge in [0, 0.05) is 38.4 Å². The van der Waals surface area contributed by atoms with Gasteiger partial charge in [0.2, 0.25) is 5.91 Å². The highest BCUT2D eigenvalue weighted by atomic mass is 32.2. The predicted octanol–water partition coefficient (Wildman–Crippen LogP) is 1.38. The van der Waals surface area contributed by atoms with Crippen LogP contribution in [0.15, 0.2) is 40.4 Å². The van der Waals surface area contributed by atoms with E-state index in [0.29, 0.717) is 28.5 Å². The van der Waals surface area contributed by atoms with Crippen LogP contribution in [0, 0.1) is 6.92 Å². The van der Waals surface area contributed by atoms with Crippen LogP contribution in [0.2, 0.25) is 0 Å². The smallest absolute Gasteiger partial charge is 0.265 e. The van der Waals surface area contributed by atoms with E-state index in [1.807, 2.05) is 31.2 Å². The van der Waals surface area contributed by atoms with Gasteiger partial charge in [-0.15, -0.1) is 0 Å². The first kappa shape index (κ1) is 21.2. The molecule has 1 saturated heterocycles. The van der Waals surface area contributed by atoms with Crippen molar-refractivity contribution in [1.82, 2.24) is 29.5 Å². The number of carbonyl (C=O) groups excluding carboxylic acids is 1. The summed E-state index contributed by atoms with van der Waals surface area (Å²) in [5.74, 6) is 0.614. The molecular weight excluding hydrogens is 428 g/mol. The lowest BCUT2D eigenvalue weighted by atomic mass is 10.2. The molecule has 3 aromatic rings. The van der Waals surface area contributed by atoms with Crippen LogP contribution in [-0.2, 0) is 9.53 Å². The Kier molecular flexibility index (Phi) is 5.99. The summed E-state index contributed by atoms with van der Waals surface area (Å²) in [6.45, 7) is 6.70. The van der Waals surface area contributed by atoms with E-state index in [9.17, 15) is 9.59 Å². The molecular formula is C22H26N6O3S. The molecule has 0 aliphatic carbocycles. The summed E-state index contributed by atoms with van der Waals surface area (Å²) in [6, 6.07) is 7.68. The van der Waals surface area contributed by atoms with Crippen molar-refractivity contribution in [3.8, 4) is 5.69 Å². The van der Waals surface area contributed by atoms with E-state index in [0.717, 1.165) is 44.1 Å². The van der Waals surface area contributed by atoms with Crippen LogP contribution in [-0.4, -0.2) is 75.3 Å². The van der Waals surface area contributed by atoms with Gasteiger partial charge in [0.15, 0.2) is 10.8 Å². The normalized spacial score (nSPS) is 18.7. The highest BCUT2D eigenvalue weighted by Crippen LogP contribution is 2.33. The first-order chi connectivity index (χ1) is 15.6. The summed E-state index contributed by atoms with van der Waals surface area (Å²) in [6.07, 6.45) is 1.84. The molecule has 1 fully saturated rings. The van der Waals surface area contributed by atoms with E-state index in [-0.39, 0.29) is 23.9 Å². The number of fused-ring (bicyclic) bond motifs is 2. The third-order valence-electron chi connectivity index (χ3n) is 5.99. The van der Waals surface area contributed by atoms with Gasteiger partial charge in [0.05, 0.1) is 31.1 Å². The van der Waals surface area contributed by atoms with Crippen LogP contribution in [0.3, 0.4) is 0 Å². The molecule has 9 nitrogen and oxygen atoms in total. The first-order valence-electron chi connectivity index (χ1n) is 10.9. The zero-order chi connectivity index (χ0) is 22.1. The number of aromatic nitrogens is 4. The van der Waals surface area contributed by atoms with Crippen LogP contribution >= 0.6 is 11.8 Å². The molecule has 2 aromatic heterocycles. The SMILES string of the molecule is Cc1ccccc1-n1ncc2c(=O)n3c(nc21)SCC3CC(=O)NCCN1CCOCC1. The third kappa shape index (κ3) is 4.05. The minimum atomic E-state index is -0.204. The average molecular weight is 455 g/mol. The number of nitrogens with one attached hydrogen (secondary N) is 1. The van der Waals surface area contributed by atoms with Gasteiger partial charge < -0.3 is 10.1 Å². The van der Waals surface area contributed by atoms with Gasteiger partial charge in [-0.1, -0.05) is 30.0 Å². The van der Waals surface area contributed by atoms with Gasteiger partial charge in [-0.05, 0) is 18.6 Å². The lowest BCUT2D eigenvalue weighted by molar-refractivity contribution is -0.121. The van der Waals surface area contributed by atoms with E-state index in [1.54, 1.807) is 15.4 Å². The Morgan fingerprint density at radius 1 is 1.28 bits per heavy atom. The summed E-state index contributed by atoms with van der Waals surface area (Å²) in [5.41, 5.74) is 2.37. The van der Waals surface area contributed by atoms with Gasteiger partial charge in [0.25, 0.3) is 5.56 Å². The predicted molar refractivity (Wildman–Crippen MR) is 123 cm³/mol. The van der Waals surface area contributed by atoms with Gasteiger partial charge in [0.1, 0.15) is 5.39 Å². The second-order valence-corrected chi connectivity index (χ2v) is 9.11. The molecule has 1 unspecified atom stereocenters. The topological polar surface area (TPSA) is 94.3 Å². The fraction of sp³-hybridized carbons (Fsp3) is 0.455. The molecule has 5 rings (SSSR count). The number of nitrogens with zero attached hydrogens (tertiary/aromatic N) is 5. The van der Waals surface area contributed by atoms with Crippen molar-refractivity contribution in [2.75, 3.05) is 45.1 Å². The van der Waals surface area contributed by atoms with Crippen molar-refractivity contribution < 1.29 is 9.53 Å². The number of para-hydroxylation sites is 1. The zero-order valence-electron chi connectivity index (χ0n) is 18.0. The number of hydrogen-bond acceptors (Lipinski definition) is 7. The Balaban J connectivity index is 1.32. The standard InChI is InChI=1S/C22H26N6O3S/c1-15-4-2-3-5-18(15)28-20-17(13-24-28)21(30)27-16(14-32-22(27)25-20)12-19(29)23-6-7-26-8-10-31-11-9-26/h2-5,13,16H,6-12,14H2,1H3,(H,23,29). The van der Waals surface area contributed by atoms with E-state index in [2.05, 4.69) is 15.3 Å². The third-order valence-corrected chi connectivity index (χ3v) is 7.09. The lowest BCUT2D eigenvalue weighted by Crippen LogP contribution is -2.41. The largest absolute Gasteiger partial charge is 0.379 e. The quantitative estimate of drug-likeness (QED) is 0.562. The number of benzene rings is 1. The Labute approximate surface area is 189 Å². The van der Waals surface area contributed by atoms with Gasteiger partial charge in [-0.25, -0.2) is 9.67 Å². The highest BCUT2D eigenvalue weighted by molar-refractivity contribution is 7.99. The monoisotopic (exact) mass is 454 g/mol. The number of thioether (sulfide) groups is 1. The number of morpholine rings is 1. The van der Waals surface area contributed by atoms with Crippen molar-refractivity contribution in [2.24, 2.45) is 0 Å².